The molecular weight excluding hydrogens is 419 g/mol. The highest BCUT2D eigenvalue weighted by molar-refractivity contribution is 6.31. The molecule has 3 aromatic carbocycles. The molecule has 0 fully saturated rings. The van der Waals surface area contributed by atoms with Crippen LogP contribution in [0.1, 0.15) is 42.3 Å². The van der Waals surface area contributed by atoms with Crippen LogP contribution in [0.5, 0.6) is 11.5 Å². The van der Waals surface area contributed by atoms with Crippen LogP contribution in [0.15, 0.2) is 71.8 Å². The Bertz CT molecular complexity index is 1110. The summed E-state index contributed by atoms with van der Waals surface area (Å²) in [6.07, 6.45) is 0.351. The van der Waals surface area contributed by atoms with E-state index in [0.717, 1.165) is 40.3 Å². The van der Waals surface area contributed by atoms with E-state index >= 15 is 0 Å². The lowest BCUT2D eigenvalue weighted by Crippen LogP contribution is -2.33. The first-order valence-corrected chi connectivity index (χ1v) is 10.7. The van der Waals surface area contributed by atoms with Gasteiger partial charge in [0.25, 0.3) is 0 Å². The number of fused-ring (bicyclic) bond motifs is 3. The quantitative estimate of drug-likeness (QED) is 0.457. The van der Waals surface area contributed by atoms with Crippen molar-refractivity contribution in [2.45, 2.75) is 25.6 Å². The molecule has 0 saturated heterocycles. The summed E-state index contributed by atoms with van der Waals surface area (Å²) < 4.78 is 11.9. The maximum Gasteiger partial charge on any atom is 0.215 e. The standard InChI is InChI=1S/C24H20Cl2N2O2/c1-2-29-17-10-7-15(8-11-17)21-14-22-19-13-16(25)9-12-23(19)30-24(28(22)27-21)18-5-3-4-6-20(18)26/h3-13,22,24H,2,14H2,1H3/t22-,24-/m0/s1. The second-order valence-electron chi connectivity index (χ2n) is 7.28. The average Bonchev–Trinajstić information content (AvgIpc) is 3.20. The van der Waals surface area contributed by atoms with Gasteiger partial charge in [-0.3, -0.25) is 0 Å². The number of hydrogen-bond donors (Lipinski definition) is 0. The van der Waals surface area contributed by atoms with Crippen molar-refractivity contribution in [1.82, 2.24) is 5.01 Å². The number of hydrogen-bond acceptors (Lipinski definition) is 4. The Balaban J connectivity index is 1.56. The molecule has 0 N–H and O–H groups in total. The highest BCUT2D eigenvalue weighted by Crippen LogP contribution is 2.49. The highest BCUT2D eigenvalue weighted by atomic mass is 35.5. The van der Waals surface area contributed by atoms with Crippen LogP contribution >= 0.6 is 23.2 Å². The summed E-state index contributed by atoms with van der Waals surface area (Å²) in [5.74, 6) is 1.67. The Morgan fingerprint density at radius 2 is 1.83 bits per heavy atom. The van der Waals surface area contributed by atoms with E-state index in [1.807, 2.05) is 78.7 Å². The van der Waals surface area contributed by atoms with E-state index in [1.54, 1.807) is 0 Å². The number of ether oxygens (including phenoxy) is 2. The fourth-order valence-electron chi connectivity index (χ4n) is 4.02. The van der Waals surface area contributed by atoms with Crippen LogP contribution in [0.3, 0.4) is 0 Å². The van der Waals surface area contributed by atoms with Gasteiger partial charge in [0.15, 0.2) is 0 Å². The summed E-state index contributed by atoms with van der Waals surface area (Å²) in [5, 5.41) is 8.31. The van der Waals surface area contributed by atoms with Crippen molar-refractivity contribution in [3.05, 3.63) is 93.5 Å². The normalized spacial score (nSPS) is 19.6. The van der Waals surface area contributed by atoms with Gasteiger partial charge in [-0.05, 0) is 61.0 Å². The van der Waals surface area contributed by atoms with E-state index in [2.05, 4.69) is 0 Å². The monoisotopic (exact) mass is 438 g/mol. The van der Waals surface area contributed by atoms with Crippen LogP contribution in [0, 0.1) is 0 Å². The molecule has 2 atom stereocenters. The van der Waals surface area contributed by atoms with Gasteiger partial charge in [-0.1, -0.05) is 41.4 Å². The number of hydrazone groups is 1. The van der Waals surface area contributed by atoms with Gasteiger partial charge in [0, 0.05) is 27.6 Å². The van der Waals surface area contributed by atoms with Crippen LogP contribution in [0.2, 0.25) is 10.0 Å². The fourth-order valence-corrected chi connectivity index (χ4v) is 4.43. The van der Waals surface area contributed by atoms with Gasteiger partial charge in [-0.25, -0.2) is 5.01 Å². The zero-order valence-corrected chi connectivity index (χ0v) is 17.9. The molecule has 0 amide bonds. The molecular formula is C24H20Cl2N2O2. The van der Waals surface area contributed by atoms with Crippen molar-refractivity contribution in [2.24, 2.45) is 5.10 Å². The van der Waals surface area contributed by atoms with Crippen LogP contribution in [0.4, 0.5) is 0 Å². The van der Waals surface area contributed by atoms with Crippen LogP contribution in [-0.2, 0) is 0 Å². The molecule has 3 aromatic rings. The number of benzene rings is 3. The SMILES string of the molecule is CCOc1ccc(C2=NN3[C@@H](C2)c2cc(Cl)ccc2O[C@H]3c2ccccc2Cl)cc1. The first kappa shape index (κ1) is 19.3. The summed E-state index contributed by atoms with van der Waals surface area (Å²) in [6, 6.07) is 21.5. The fraction of sp³-hybridized carbons (Fsp3) is 0.208. The molecule has 0 radical (unpaired) electrons. The number of rotatable bonds is 4. The van der Waals surface area contributed by atoms with Crippen molar-refractivity contribution >= 4 is 28.9 Å². The molecule has 30 heavy (non-hydrogen) atoms. The third-order valence-electron chi connectivity index (χ3n) is 5.42. The third kappa shape index (κ3) is 3.40. The Hall–Kier alpha value is -2.69. The minimum atomic E-state index is -0.405. The molecule has 0 aromatic heterocycles. The molecule has 2 aliphatic rings. The minimum Gasteiger partial charge on any atom is -0.494 e. The van der Waals surface area contributed by atoms with Gasteiger partial charge >= 0.3 is 0 Å². The van der Waals surface area contributed by atoms with Gasteiger partial charge < -0.3 is 9.47 Å². The van der Waals surface area contributed by atoms with E-state index in [9.17, 15) is 0 Å². The summed E-state index contributed by atoms with van der Waals surface area (Å²) in [7, 11) is 0. The topological polar surface area (TPSA) is 34.1 Å². The third-order valence-corrected chi connectivity index (χ3v) is 6.00. The molecule has 0 spiro atoms. The second-order valence-corrected chi connectivity index (χ2v) is 8.12. The summed E-state index contributed by atoms with van der Waals surface area (Å²) in [4.78, 5) is 0. The largest absolute Gasteiger partial charge is 0.494 e. The number of halogens is 2. The molecule has 4 nitrogen and oxygen atoms in total. The van der Waals surface area contributed by atoms with Crippen LogP contribution in [-0.4, -0.2) is 17.3 Å². The molecule has 152 valence electrons. The van der Waals surface area contributed by atoms with E-state index in [4.69, 9.17) is 37.8 Å². The second kappa shape index (κ2) is 7.86. The van der Waals surface area contributed by atoms with E-state index < -0.39 is 6.23 Å². The Morgan fingerprint density at radius 1 is 1.03 bits per heavy atom. The maximum atomic E-state index is 6.51. The van der Waals surface area contributed by atoms with Crippen molar-refractivity contribution in [2.75, 3.05) is 6.61 Å². The number of nitrogens with zero attached hydrogens (tertiary/aromatic N) is 2. The zero-order chi connectivity index (χ0) is 20.7. The molecule has 0 aliphatic carbocycles. The van der Waals surface area contributed by atoms with Gasteiger partial charge in [-0.2, -0.15) is 5.10 Å². The molecule has 0 unspecified atom stereocenters. The molecule has 6 heteroatoms. The average molecular weight is 439 g/mol. The summed E-state index contributed by atoms with van der Waals surface area (Å²) >= 11 is 12.8. The first-order valence-electron chi connectivity index (χ1n) is 9.93. The van der Waals surface area contributed by atoms with Crippen molar-refractivity contribution in [3.63, 3.8) is 0 Å². The zero-order valence-electron chi connectivity index (χ0n) is 16.4. The van der Waals surface area contributed by atoms with Crippen LogP contribution < -0.4 is 9.47 Å². The summed E-state index contributed by atoms with van der Waals surface area (Å²) in [5.41, 5.74) is 3.99. The maximum absolute atomic E-state index is 6.51. The summed E-state index contributed by atoms with van der Waals surface area (Å²) in [6.45, 7) is 2.62. The highest BCUT2D eigenvalue weighted by Gasteiger charge is 2.41. The van der Waals surface area contributed by atoms with E-state index in [-0.39, 0.29) is 6.04 Å². The lowest BCUT2D eigenvalue weighted by atomic mass is 9.96. The Morgan fingerprint density at radius 3 is 2.60 bits per heavy atom. The van der Waals surface area contributed by atoms with Crippen LogP contribution in [0.25, 0.3) is 0 Å². The van der Waals surface area contributed by atoms with Crippen molar-refractivity contribution < 1.29 is 9.47 Å². The predicted molar refractivity (Wildman–Crippen MR) is 120 cm³/mol. The van der Waals surface area contributed by atoms with E-state index in [0.29, 0.717) is 16.7 Å². The predicted octanol–water partition coefficient (Wildman–Crippen LogP) is 6.63. The van der Waals surface area contributed by atoms with Gasteiger partial charge in [0.2, 0.25) is 6.23 Å². The van der Waals surface area contributed by atoms with Crippen molar-refractivity contribution in [3.8, 4) is 11.5 Å². The van der Waals surface area contributed by atoms with Gasteiger partial charge in [0.05, 0.1) is 18.4 Å². The minimum absolute atomic E-state index is 0.0234. The molecule has 2 aliphatic heterocycles. The van der Waals surface area contributed by atoms with Gasteiger partial charge in [-0.15, -0.1) is 0 Å². The lowest BCUT2D eigenvalue weighted by molar-refractivity contribution is -0.0189. The molecule has 2 heterocycles. The van der Waals surface area contributed by atoms with E-state index in [1.165, 1.54) is 0 Å². The lowest BCUT2D eigenvalue weighted by Gasteiger charge is -2.38. The molecule has 0 bridgehead atoms. The molecule has 5 rings (SSSR count). The first-order chi connectivity index (χ1) is 14.6. The smallest absolute Gasteiger partial charge is 0.215 e. The molecule has 0 saturated carbocycles. The van der Waals surface area contributed by atoms with Gasteiger partial charge in [0.1, 0.15) is 11.5 Å². The van der Waals surface area contributed by atoms with Crippen molar-refractivity contribution in [1.29, 1.82) is 0 Å². The Labute approximate surface area is 185 Å². The Kier molecular flexibility index (Phi) is 5.05.